The van der Waals surface area contributed by atoms with Crippen LogP contribution in [-0.2, 0) is 20.4 Å². The van der Waals surface area contributed by atoms with Crippen LogP contribution in [0.3, 0.4) is 0 Å². The summed E-state index contributed by atoms with van der Waals surface area (Å²) >= 11 is 0. The normalized spacial score (nSPS) is 19.5. The molecular weight excluding hydrogens is 272 g/mol. The molecule has 0 spiro atoms. The molecule has 1 aromatic carbocycles. The second-order valence-electron chi connectivity index (χ2n) is 7.83. The third-order valence-corrected chi connectivity index (χ3v) is 5.16. The minimum Gasteiger partial charge on any atom is -0.466 e. The van der Waals surface area contributed by atoms with Gasteiger partial charge in [-0.3, -0.25) is 0 Å². The van der Waals surface area contributed by atoms with Crippen molar-refractivity contribution in [3.05, 3.63) is 40.5 Å². The standard InChI is InChI=1S/C20H28O2/c1-13-10-16-17(20(5,6)9-8-19(16,3)4)12-15(13)14(2)11-18(21)22-7/h10-12H,8-9H2,1-7H3. The van der Waals surface area contributed by atoms with Gasteiger partial charge < -0.3 is 4.74 Å². The molecule has 0 aliphatic heterocycles. The van der Waals surface area contributed by atoms with E-state index in [1.165, 1.54) is 36.6 Å². The van der Waals surface area contributed by atoms with Crippen molar-refractivity contribution in [2.75, 3.05) is 7.11 Å². The van der Waals surface area contributed by atoms with Crippen molar-refractivity contribution in [2.24, 2.45) is 0 Å². The van der Waals surface area contributed by atoms with Crippen molar-refractivity contribution in [1.82, 2.24) is 0 Å². The van der Waals surface area contributed by atoms with Gasteiger partial charge in [-0.15, -0.1) is 0 Å². The van der Waals surface area contributed by atoms with Crippen molar-refractivity contribution >= 4 is 11.5 Å². The van der Waals surface area contributed by atoms with E-state index in [0.717, 1.165) is 11.1 Å². The summed E-state index contributed by atoms with van der Waals surface area (Å²) in [4.78, 5) is 11.5. The molecule has 2 rings (SSSR count). The van der Waals surface area contributed by atoms with Crippen LogP contribution in [0.4, 0.5) is 0 Å². The van der Waals surface area contributed by atoms with Crippen molar-refractivity contribution in [3.63, 3.8) is 0 Å². The number of allylic oxidation sites excluding steroid dienone is 1. The summed E-state index contributed by atoms with van der Waals surface area (Å²) in [7, 11) is 1.41. The molecule has 2 nitrogen and oxygen atoms in total. The van der Waals surface area contributed by atoms with Crippen LogP contribution in [-0.4, -0.2) is 13.1 Å². The molecule has 0 bridgehead atoms. The van der Waals surface area contributed by atoms with E-state index in [1.807, 2.05) is 6.92 Å². The number of esters is 1. The molecule has 0 amide bonds. The molecular formula is C20H28O2. The monoisotopic (exact) mass is 300 g/mol. The molecule has 0 unspecified atom stereocenters. The van der Waals surface area contributed by atoms with Gasteiger partial charge in [0.1, 0.15) is 0 Å². The molecule has 1 aromatic rings. The van der Waals surface area contributed by atoms with Gasteiger partial charge in [0.2, 0.25) is 0 Å². The quantitative estimate of drug-likeness (QED) is 0.572. The molecule has 0 saturated carbocycles. The van der Waals surface area contributed by atoms with E-state index in [0.29, 0.717) is 0 Å². The molecule has 0 aromatic heterocycles. The first-order chi connectivity index (χ1) is 10.1. The minimum absolute atomic E-state index is 0.179. The Labute approximate surface area is 134 Å². The molecule has 0 heterocycles. The first-order valence-electron chi connectivity index (χ1n) is 8.01. The van der Waals surface area contributed by atoms with Crippen molar-refractivity contribution in [2.45, 2.75) is 65.2 Å². The number of fused-ring (bicyclic) bond motifs is 1. The van der Waals surface area contributed by atoms with E-state index in [9.17, 15) is 4.79 Å². The van der Waals surface area contributed by atoms with Gasteiger partial charge in [-0.05, 0) is 65.3 Å². The summed E-state index contributed by atoms with van der Waals surface area (Å²) < 4.78 is 4.75. The Kier molecular flexibility index (Phi) is 4.25. The predicted molar refractivity (Wildman–Crippen MR) is 92.1 cm³/mol. The fraction of sp³-hybridized carbons (Fsp3) is 0.550. The Morgan fingerprint density at radius 3 is 2.09 bits per heavy atom. The summed E-state index contributed by atoms with van der Waals surface area (Å²) in [5, 5.41) is 0. The molecule has 0 radical (unpaired) electrons. The molecule has 120 valence electrons. The summed E-state index contributed by atoms with van der Waals surface area (Å²) in [6.07, 6.45) is 3.98. The smallest absolute Gasteiger partial charge is 0.330 e. The van der Waals surface area contributed by atoms with Crippen molar-refractivity contribution in [1.29, 1.82) is 0 Å². The van der Waals surface area contributed by atoms with Crippen molar-refractivity contribution < 1.29 is 9.53 Å². The fourth-order valence-corrected chi connectivity index (χ4v) is 3.46. The lowest BCUT2D eigenvalue weighted by molar-refractivity contribution is -0.134. The highest BCUT2D eigenvalue weighted by molar-refractivity contribution is 5.91. The van der Waals surface area contributed by atoms with E-state index >= 15 is 0 Å². The summed E-state index contributed by atoms with van der Waals surface area (Å²) in [6.45, 7) is 13.4. The Morgan fingerprint density at radius 1 is 1.09 bits per heavy atom. The molecule has 1 aliphatic rings. The maximum atomic E-state index is 11.5. The highest BCUT2D eigenvalue weighted by atomic mass is 16.5. The second-order valence-corrected chi connectivity index (χ2v) is 7.83. The maximum absolute atomic E-state index is 11.5. The van der Waals surface area contributed by atoms with Crippen LogP contribution in [0.5, 0.6) is 0 Å². The zero-order chi connectivity index (χ0) is 16.7. The number of ether oxygens (including phenoxy) is 1. The molecule has 0 fully saturated rings. The van der Waals surface area contributed by atoms with Crippen LogP contribution in [0.2, 0.25) is 0 Å². The Hall–Kier alpha value is -1.57. The Morgan fingerprint density at radius 2 is 1.59 bits per heavy atom. The first kappa shape index (κ1) is 16.8. The summed E-state index contributed by atoms with van der Waals surface area (Å²) in [5.74, 6) is -0.297. The number of benzene rings is 1. The Bertz CT molecular complexity index is 633. The SMILES string of the molecule is COC(=O)C=C(C)c1cc2c(cc1C)C(C)(C)CCC2(C)C. The number of rotatable bonds is 2. The van der Waals surface area contributed by atoms with Crippen LogP contribution in [0.15, 0.2) is 18.2 Å². The van der Waals surface area contributed by atoms with Gasteiger partial charge in [0.25, 0.3) is 0 Å². The minimum atomic E-state index is -0.297. The fourth-order valence-electron chi connectivity index (χ4n) is 3.46. The van der Waals surface area contributed by atoms with Crippen LogP contribution < -0.4 is 0 Å². The van der Waals surface area contributed by atoms with Crippen LogP contribution in [0.1, 0.15) is 69.7 Å². The number of carbonyl (C=O) groups is 1. The van der Waals surface area contributed by atoms with Gasteiger partial charge in [-0.25, -0.2) is 4.79 Å². The van der Waals surface area contributed by atoms with Gasteiger partial charge in [-0.1, -0.05) is 39.8 Å². The van der Waals surface area contributed by atoms with Gasteiger partial charge in [0.05, 0.1) is 7.11 Å². The van der Waals surface area contributed by atoms with E-state index in [4.69, 9.17) is 4.74 Å². The maximum Gasteiger partial charge on any atom is 0.330 e. The molecule has 22 heavy (non-hydrogen) atoms. The zero-order valence-corrected chi connectivity index (χ0v) is 15.0. The molecule has 0 N–H and O–H groups in total. The number of aryl methyl sites for hydroxylation is 1. The van der Waals surface area contributed by atoms with Crippen LogP contribution in [0, 0.1) is 6.92 Å². The average molecular weight is 300 g/mol. The van der Waals surface area contributed by atoms with E-state index in [1.54, 1.807) is 6.08 Å². The van der Waals surface area contributed by atoms with Crippen LogP contribution >= 0.6 is 0 Å². The Balaban J connectivity index is 2.62. The summed E-state index contributed by atoms with van der Waals surface area (Å²) in [5.41, 5.74) is 6.61. The third kappa shape index (κ3) is 2.97. The van der Waals surface area contributed by atoms with Crippen LogP contribution in [0.25, 0.3) is 5.57 Å². The molecule has 0 atom stereocenters. The average Bonchev–Trinajstić information content (AvgIpc) is 2.43. The first-order valence-corrected chi connectivity index (χ1v) is 8.01. The molecule has 1 aliphatic carbocycles. The highest BCUT2D eigenvalue weighted by Gasteiger charge is 2.37. The molecule has 2 heteroatoms. The molecule has 0 saturated heterocycles. The number of hydrogen-bond acceptors (Lipinski definition) is 2. The lowest BCUT2D eigenvalue weighted by Crippen LogP contribution is -2.34. The predicted octanol–water partition coefficient (Wildman–Crippen LogP) is 4.92. The topological polar surface area (TPSA) is 26.3 Å². The van der Waals surface area contributed by atoms with E-state index < -0.39 is 0 Å². The lowest BCUT2D eigenvalue weighted by Gasteiger charge is -2.42. The zero-order valence-electron chi connectivity index (χ0n) is 15.0. The van der Waals surface area contributed by atoms with Gasteiger partial charge in [0, 0.05) is 6.08 Å². The van der Waals surface area contributed by atoms with Gasteiger partial charge in [0.15, 0.2) is 0 Å². The number of carbonyl (C=O) groups excluding carboxylic acids is 1. The third-order valence-electron chi connectivity index (χ3n) is 5.16. The summed E-state index contributed by atoms with van der Waals surface area (Å²) in [6, 6.07) is 4.61. The highest BCUT2D eigenvalue weighted by Crippen LogP contribution is 2.47. The largest absolute Gasteiger partial charge is 0.466 e. The second kappa shape index (κ2) is 5.57. The number of methoxy groups -OCH3 is 1. The van der Waals surface area contributed by atoms with Gasteiger partial charge >= 0.3 is 5.97 Å². The van der Waals surface area contributed by atoms with Gasteiger partial charge in [-0.2, -0.15) is 0 Å². The van der Waals surface area contributed by atoms with E-state index in [2.05, 4.69) is 46.8 Å². The number of hydrogen-bond donors (Lipinski definition) is 0. The lowest BCUT2D eigenvalue weighted by atomic mass is 9.62. The van der Waals surface area contributed by atoms with Crippen molar-refractivity contribution in [3.8, 4) is 0 Å². The van der Waals surface area contributed by atoms with E-state index in [-0.39, 0.29) is 16.8 Å².